The third-order valence-corrected chi connectivity index (χ3v) is 2.97. The van der Waals surface area contributed by atoms with Crippen molar-refractivity contribution in [2.75, 3.05) is 19.7 Å². The number of hydrogen-bond acceptors (Lipinski definition) is 3. The Morgan fingerprint density at radius 2 is 2.17 bits per heavy atom. The number of carbonyl (C=O) groups is 1. The number of nitrogens with zero attached hydrogens (tertiary/aromatic N) is 1. The molecule has 1 amide bonds. The molecule has 4 nitrogen and oxygen atoms in total. The Morgan fingerprint density at radius 1 is 1.44 bits per heavy atom. The zero-order valence-corrected chi connectivity index (χ0v) is 10.7. The summed E-state index contributed by atoms with van der Waals surface area (Å²) in [5.41, 5.74) is 1.01. The number of epoxide rings is 1. The highest BCUT2D eigenvalue weighted by Crippen LogP contribution is 2.14. The number of benzene rings is 1. The van der Waals surface area contributed by atoms with Crippen molar-refractivity contribution in [3.05, 3.63) is 35.9 Å². The van der Waals surface area contributed by atoms with Crippen LogP contribution in [0.2, 0.25) is 0 Å². The standard InChI is InChI=1S/C14H19NO3/c1-2-15(9-8-13-11-17-13)14(16)18-10-12-6-4-3-5-7-12/h3-7,13H,2,8-11H2,1H3. The van der Waals surface area contributed by atoms with Gasteiger partial charge in [-0.05, 0) is 18.9 Å². The summed E-state index contributed by atoms with van der Waals surface area (Å²) in [6.45, 7) is 4.49. The second-order valence-electron chi connectivity index (χ2n) is 4.36. The molecule has 0 aromatic heterocycles. The van der Waals surface area contributed by atoms with E-state index in [9.17, 15) is 4.79 Å². The van der Waals surface area contributed by atoms with Gasteiger partial charge in [-0.3, -0.25) is 0 Å². The van der Waals surface area contributed by atoms with E-state index in [0.29, 0.717) is 25.8 Å². The van der Waals surface area contributed by atoms with Gasteiger partial charge in [0.05, 0.1) is 12.7 Å². The SMILES string of the molecule is CCN(CCC1CO1)C(=O)OCc1ccccc1. The van der Waals surface area contributed by atoms with Crippen LogP contribution < -0.4 is 0 Å². The Morgan fingerprint density at radius 3 is 2.78 bits per heavy atom. The van der Waals surface area contributed by atoms with Crippen LogP contribution in [0.5, 0.6) is 0 Å². The highest BCUT2D eigenvalue weighted by Gasteiger charge is 2.24. The Hall–Kier alpha value is -1.55. The molecule has 98 valence electrons. The molecular weight excluding hydrogens is 230 g/mol. The second-order valence-corrected chi connectivity index (χ2v) is 4.36. The van der Waals surface area contributed by atoms with Crippen molar-refractivity contribution in [2.45, 2.75) is 26.1 Å². The molecule has 1 saturated heterocycles. The van der Waals surface area contributed by atoms with Crippen molar-refractivity contribution in [1.82, 2.24) is 4.90 Å². The third kappa shape index (κ3) is 4.04. The van der Waals surface area contributed by atoms with Crippen LogP contribution in [-0.4, -0.2) is 36.8 Å². The number of hydrogen-bond donors (Lipinski definition) is 0. The minimum Gasteiger partial charge on any atom is -0.445 e. The number of ether oxygens (including phenoxy) is 2. The van der Waals surface area contributed by atoms with E-state index in [0.717, 1.165) is 18.6 Å². The van der Waals surface area contributed by atoms with Gasteiger partial charge in [0.2, 0.25) is 0 Å². The summed E-state index contributed by atoms with van der Waals surface area (Å²) in [6, 6.07) is 9.71. The molecule has 0 N–H and O–H groups in total. The number of carbonyl (C=O) groups excluding carboxylic acids is 1. The van der Waals surface area contributed by atoms with Gasteiger partial charge in [0.15, 0.2) is 0 Å². The zero-order valence-electron chi connectivity index (χ0n) is 10.7. The topological polar surface area (TPSA) is 42.1 Å². The van der Waals surface area contributed by atoms with Gasteiger partial charge in [-0.15, -0.1) is 0 Å². The summed E-state index contributed by atoms with van der Waals surface area (Å²) in [6.07, 6.45) is 0.997. The monoisotopic (exact) mass is 249 g/mol. The van der Waals surface area contributed by atoms with Gasteiger partial charge in [-0.2, -0.15) is 0 Å². The Labute approximate surface area is 107 Å². The summed E-state index contributed by atoms with van der Waals surface area (Å²) in [7, 11) is 0. The van der Waals surface area contributed by atoms with Gasteiger partial charge in [-0.1, -0.05) is 30.3 Å². The van der Waals surface area contributed by atoms with Crippen molar-refractivity contribution in [3.63, 3.8) is 0 Å². The highest BCUT2D eigenvalue weighted by molar-refractivity contribution is 5.67. The van der Waals surface area contributed by atoms with Crippen LogP contribution in [-0.2, 0) is 16.1 Å². The van der Waals surface area contributed by atoms with E-state index in [1.54, 1.807) is 4.90 Å². The van der Waals surface area contributed by atoms with Crippen molar-refractivity contribution >= 4 is 6.09 Å². The van der Waals surface area contributed by atoms with E-state index in [-0.39, 0.29) is 6.09 Å². The molecule has 1 aliphatic rings. The van der Waals surface area contributed by atoms with Crippen LogP contribution in [0.4, 0.5) is 4.79 Å². The molecule has 1 heterocycles. The van der Waals surface area contributed by atoms with Crippen LogP contribution in [0.15, 0.2) is 30.3 Å². The fourth-order valence-electron chi connectivity index (χ4n) is 1.72. The zero-order chi connectivity index (χ0) is 12.8. The van der Waals surface area contributed by atoms with Crippen molar-refractivity contribution < 1.29 is 14.3 Å². The molecule has 0 spiro atoms. The maximum absolute atomic E-state index is 11.8. The normalized spacial score (nSPS) is 17.3. The van der Waals surface area contributed by atoms with E-state index in [1.165, 1.54) is 0 Å². The molecule has 0 aliphatic carbocycles. The van der Waals surface area contributed by atoms with E-state index >= 15 is 0 Å². The van der Waals surface area contributed by atoms with Crippen LogP contribution in [0, 0.1) is 0 Å². The number of amides is 1. The lowest BCUT2D eigenvalue weighted by molar-refractivity contribution is 0.0968. The average Bonchev–Trinajstić information content (AvgIpc) is 3.22. The molecule has 1 unspecified atom stereocenters. The lowest BCUT2D eigenvalue weighted by atomic mass is 10.2. The van der Waals surface area contributed by atoms with Crippen molar-refractivity contribution in [2.24, 2.45) is 0 Å². The van der Waals surface area contributed by atoms with Gasteiger partial charge in [0.1, 0.15) is 6.61 Å². The summed E-state index contributed by atoms with van der Waals surface area (Å²) in [5.74, 6) is 0. The minimum absolute atomic E-state index is 0.248. The summed E-state index contributed by atoms with van der Waals surface area (Å²) >= 11 is 0. The van der Waals surface area contributed by atoms with Gasteiger partial charge in [-0.25, -0.2) is 4.79 Å². The Bertz CT molecular complexity index is 376. The molecule has 1 atom stereocenters. The van der Waals surface area contributed by atoms with E-state index < -0.39 is 0 Å². The highest BCUT2D eigenvalue weighted by atomic mass is 16.6. The summed E-state index contributed by atoms with van der Waals surface area (Å²) in [4.78, 5) is 13.6. The van der Waals surface area contributed by atoms with Crippen LogP contribution in [0.1, 0.15) is 18.9 Å². The smallest absolute Gasteiger partial charge is 0.410 e. The molecular formula is C14H19NO3. The fraction of sp³-hybridized carbons (Fsp3) is 0.500. The summed E-state index contributed by atoms with van der Waals surface area (Å²) < 4.78 is 10.4. The molecule has 0 radical (unpaired) electrons. The maximum Gasteiger partial charge on any atom is 0.410 e. The lowest BCUT2D eigenvalue weighted by Crippen LogP contribution is -2.32. The molecule has 0 bridgehead atoms. The first-order chi connectivity index (χ1) is 8.79. The molecule has 1 aromatic rings. The van der Waals surface area contributed by atoms with E-state index in [2.05, 4.69) is 0 Å². The third-order valence-electron chi connectivity index (χ3n) is 2.97. The Balaban J connectivity index is 1.74. The fourth-order valence-corrected chi connectivity index (χ4v) is 1.72. The van der Waals surface area contributed by atoms with Crippen molar-refractivity contribution in [1.29, 1.82) is 0 Å². The Kier molecular flexibility index (Phi) is 4.59. The lowest BCUT2D eigenvalue weighted by Gasteiger charge is -2.19. The molecule has 1 aliphatic heterocycles. The minimum atomic E-state index is -0.248. The van der Waals surface area contributed by atoms with E-state index in [1.807, 2.05) is 37.3 Å². The molecule has 4 heteroatoms. The van der Waals surface area contributed by atoms with Gasteiger partial charge >= 0.3 is 6.09 Å². The first-order valence-corrected chi connectivity index (χ1v) is 6.37. The maximum atomic E-state index is 11.8. The van der Waals surface area contributed by atoms with Crippen molar-refractivity contribution in [3.8, 4) is 0 Å². The predicted molar refractivity (Wildman–Crippen MR) is 68.2 cm³/mol. The first kappa shape index (κ1) is 12.9. The van der Waals surface area contributed by atoms with Crippen LogP contribution in [0.3, 0.4) is 0 Å². The summed E-state index contributed by atoms with van der Waals surface area (Å²) in [5, 5.41) is 0. The largest absolute Gasteiger partial charge is 0.445 e. The van der Waals surface area contributed by atoms with Crippen LogP contribution in [0.25, 0.3) is 0 Å². The van der Waals surface area contributed by atoms with Gasteiger partial charge < -0.3 is 14.4 Å². The first-order valence-electron chi connectivity index (χ1n) is 6.37. The molecule has 1 aromatic carbocycles. The molecule has 2 rings (SSSR count). The molecule has 0 saturated carbocycles. The average molecular weight is 249 g/mol. The van der Waals surface area contributed by atoms with Gasteiger partial charge in [0.25, 0.3) is 0 Å². The number of rotatable bonds is 6. The van der Waals surface area contributed by atoms with Gasteiger partial charge in [0, 0.05) is 13.1 Å². The predicted octanol–water partition coefficient (Wildman–Crippen LogP) is 2.43. The van der Waals surface area contributed by atoms with E-state index in [4.69, 9.17) is 9.47 Å². The van der Waals surface area contributed by atoms with Crippen LogP contribution >= 0.6 is 0 Å². The molecule has 1 fully saturated rings. The quantitative estimate of drug-likeness (QED) is 0.727. The second kappa shape index (κ2) is 6.40. The molecule has 18 heavy (non-hydrogen) atoms.